The molecule has 0 aromatic carbocycles. The molecule has 4 rings (SSSR count). The van der Waals surface area contributed by atoms with Crippen LogP contribution in [0.5, 0.6) is 0 Å². The van der Waals surface area contributed by atoms with Gasteiger partial charge in [-0.15, -0.1) is 6.42 Å². The molecule has 2 N–H and O–H groups in total. The fourth-order valence-electron chi connectivity index (χ4n) is 7.55. The van der Waals surface area contributed by atoms with Crippen molar-refractivity contribution in [2.24, 2.45) is 35.0 Å². The number of aliphatic hydroxyl groups is 2. The molecule has 0 bridgehead atoms. The zero-order chi connectivity index (χ0) is 18.5. The maximum absolute atomic E-state index is 11.6. The van der Waals surface area contributed by atoms with Gasteiger partial charge >= 0.3 is 0 Å². The summed E-state index contributed by atoms with van der Waals surface area (Å²) in [7, 11) is 0. The van der Waals surface area contributed by atoms with E-state index in [9.17, 15) is 10.2 Å². The minimum absolute atomic E-state index is 0.0876. The second-order valence-corrected chi connectivity index (χ2v) is 9.28. The molecule has 0 saturated heterocycles. The van der Waals surface area contributed by atoms with Crippen molar-refractivity contribution in [1.29, 1.82) is 0 Å². The number of aliphatic hydroxyl groups excluding tert-OH is 1. The van der Waals surface area contributed by atoms with E-state index in [1.54, 1.807) is 0 Å². The average molecular weight is 355 g/mol. The number of fused-ring (bicyclic) bond motifs is 5. The highest BCUT2D eigenvalue weighted by Gasteiger charge is 2.66. The number of hydrogen-bond acceptors (Lipinski definition) is 2. The molecule has 4 aliphatic rings. The predicted octanol–water partition coefficient (Wildman–Crippen LogP) is 4.48. The molecule has 26 heavy (non-hydrogen) atoms. The van der Waals surface area contributed by atoms with E-state index in [1.807, 2.05) is 0 Å². The molecular formula is C24H34O2. The van der Waals surface area contributed by atoms with E-state index in [4.69, 9.17) is 6.42 Å². The maximum Gasteiger partial charge on any atom is 0.133 e. The van der Waals surface area contributed by atoms with Gasteiger partial charge in [0.05, 0.1) is 6.61 Å². The van der Waals surface area contributed by atoms with Gasteiger partial charge in [0, 0.05) is 5.41 Å². The second kappa shape index (κ2) is 6.54. The van der Waals surface area contributed by atoms with Crippen LogP contribution in [0.2, 0.25) is 0 Å². The molecule has 4 unspecified atom stereocenters. The first kappa shape index (κ1) is 18.3. The molecule has 0 amide bonds. The zero-order valence-electron chi connectivity index (χ0n) is 16.4. The van der Waals surface area contributed by atoms with Crippen molar-refractivity contribution in [2.75, 3.05) is 6.61 Å². The lowest BCUT2D eigenvalue weighted by Crippen LogP contribution is -2.54. The third-order valence-corrected chi connectivity index (χ3v) is 8.85. The Labute approximate surface area is 158 Å². The van der Waals surface area contributed by atoms with Gasteiger partial charge < -0.3 is 10.2 Å². The Morgan fingerprint density at radius 3 is 2.73 bits per heavy atom. The van der Waals surface area contributed by atoms with Gasteiger partial charge in [-0.05, 0) is 92.1 Å². The van der Waals surface area contributed by atoms with Gasteiger partial charge in [0.25, 0.3) is 0 Å². The largest absolute Gasteiger partial charge is 0.392 e. The van der Waals surface area contributed by atoms with Crippen molar-refractivity contribution in [2.45, 2.75) is 70.8 Å². The van der Waals surface area contributed by atoms with Crippen molar-refractivity contribution in [3.8, 4) is 12.3 Å². The van der Waals surface area contributed by atoms with Gasteiger partial charge in [0.1, 0.15) is 5.60 Å². The molecule has 0 aromatic heterocycles. The Bertz CT molecular complexity index is 668. The quantitative estimate of drug-likeness (QED) is 0.734. The summed E-state index contributed by atoms with van der Waals surface area (Å²) in [6.45, 7) is 4.63. The topological polar surface area (TPSA) is 40.5 Å². The summed E-state index contributed by atoms with van der Waals surface area (Å²) in [4.78, 5) is 0. The molecule has 2 nitrogen and oxygen atoms in total. The minimum atomic E-state index is -0.924. The van der Waals surface area contributed by atoms with Crippen LogP contribution in [0, 0.1) is 47.3 Å². The lowest BCUT2D eigenvalue weighted by Gasteiger charge is -2.55. The summed E-state index contributed by atoms with van der Waals surface area (Å²) in [6, 6.07) is 0. The van der Waals surface area contributed by atoms with Gasteiger partial charge in [0.2, 0.25) is 0 Å². The first-order valence-electron chi connectivity index (χ1n) is 10.7. The third-order valence-electron chi connectivity index (χ3n) is 8.85. The van der Waals surface area contributed by atoms with Crippen LogP contribution < -0.4 is 0 Å². The standard InChI is InChI=1S/C24H34O2/c1-4-18-14-22-21-10-8-17-13-16(15-25)7-9-19(17)20(21)11-12-23(22,5-2)24(18,26)6-3/h3,8,13,18-22,25-26H,4-5,7,9-12,14-15H2,1-2H3/t18?,19-,20?,21?,22?,23-,24-/m0/s1. The first-order valence-corrected chi connectivity index (χ1v) is 10.7. The summed E-state index contributed by atoms with van der Waals surface area (Å²) in [6.07, 6.45) is 19.4. The third kappa shape index (κ3) is 2.26. The Morgan fingerprint density at radius 2 is 2.08 bits per heavy atom. The van der Waals surface area contributed by atoms with Crippen LogP contribution in [0.3, 0.4) is 0 Å². The highest BCUT2D eigenvalue weighted by atomic mass is 16.3. The monoisotopic (exact) mass is 354 g/mol. The molecule has 2 saturated carbocycles. The van der Waals surface area contributed by atoms with E-state index >= 15 is 0 Å². The van der Waals surface area contributed by atoms with Gasteiger partial charge in [-0.25, -0.2) is 0 Å². The highest BCUT2D eigenvalue weighted by Crippen LogP contribution is 2.67. The number of terminal acetylenes is 1. The fraction of sp³-hybridized carbons (Fsp3) is 0.750. The molecule has 0 aromatic rings. The summed E-state index contributed by atoms with van der Waals surface area (Å²) >= 11 is 0. The van der Waals surface area contributed by atoms with E-state index < -0.39 is 5.60 Å². The Kier molecular flexibility index (Phi) is 4.61. The Hall–Kier alpha value is -1.04. The van der Waals surface area contributed by atoms with E-state index in [0.29, 0.717) is 17.8 Å². The van der Waals surface area contributed by atoms with Crippen molar-refractivity contribution in [3.63, 3.8) is 0 Å². The lowest BCUT2D eigenvalue weighted by molar-refractivity contribution is -0.106. The molecule has 0 radical (unpaired) electrons. The second-order valence-electron chi connectivity index (χ2n) is 9.28. The smallest absolute Gasteiger partial charge is 0.133 e. The van der Waals surface area contributed by atoms with Crippen LogP contribution in [0.1, 0.15) is 65.2 Å². The molecule has 142 valence electrons. The van der Waals surface area contributed by atoms with E-state index in [2.05, 4.69) is 31.9 Å². The van der Waals surface area contributed by atoms with Crippen LogP contribution in [0.15, 0.2) is 23.3 Å². The van der Waals surface area contributed by atoms with Crippen molar-refractivity contribution < 1.29 is 10.2 Å². The molecule has 7 atom stereocenters. The van der Waals surface area contributed by atoms with E-state index in [-0.39, 0.29) is 17.9 Å². The summed E-state index contributed by atoms with van der Waals surface area (Å²) in [5.74, 6) is 5.75. The van der Waals surface area contributed by atoms with E-state index in [1.165, 1.54) is 24.0 Å². The minimum Gasteiger partial charge on any atom is -0.392 e. The van der Waals surface area contributed by atoms with Crippen LogP contribution >= 0.6 is 0 Å². The van der Waals surface area contributed by atoms with Gasteiger partial charge in [-0.3, -0.25) is 0 Å². The zero-order valence-corrected chi connectivity index (χ0v) is 16.4. The van der Waals surface area contributed by atoms with Crippen molar-refractivity contribution in [3.05, 3.63) is 23.3 Å². The number of rotatable bonds is 3. The predicted molar refractivity (Wildman–Crippen MR) is 105 cm³/mol. The summed E-state index contributed by atoms with van der Waals surface area (Å²) in [5, 5.41) is 21.1. The Morgan fingerprint density at radius 1 is 1.27 bits per heavy atom. The number of allylic oxidation sites excluding steroid dienone is 3. The molecule has 2 heteroatoms. The van der Waals surface area contributed by atoms with E-state index in [0.717, 1.165) is 44.4 Å². The van der Waals surface area contributed by atoms with Crippen molar-refractivity contribution in [1.82, 2.24) is 0 Å². The van der Waals surface area contributed by atoms with Crippen LogP contribution in [0.25, 0.3) is 0 Å². The van der Waals surface area contributed by atoms with Crippen LogP contribution in [-0.4, -0.2) is 22.4 Å². The van der Waals surface area contributed by atoms with Gasteiger partial charge in [0.15, 0.2) is 0 Å². The normalized spacial score (nSPS) is 47.1. The fourth-order valence-corrected chi connectivity index (χ4v) is 7.55. The molecule has 0 aliphatic heterocycles. The molecule has 2 fully saturated rings. The first-order chi connectivity index (χ1) is 12.5. The molecule has 0 heterocycles. The SMILES string of the molecule is C#C[C@]1(O)C(CC)CC2C3CC=C4C=C(CO)CC[C@@H]4C3CC[C@@]21CC. The van der Waals surface area contributed by atoms with Crippen LogP contribution in [0.4, 0.5) is 0 Å². The van der Waals surface area contributed by atoms with Gasteiger partial charge in [-0.1, -0.05) is 31.9 Å². The Balaban J connectivity index is 1.70. The number of hydrogen-bond donors (Lipinski definition) is 2. The lowest BCUT2D eigenvalue weighted by atomic mass is 9.50. The molecular weight excluding hydrogens is 320 g/mol. The van der Waals surface area contributed by atoms with Crippen LogP contribution in [-0.2, 0) is 0 Å². The molecule has 0 spiro atoms. The molecule has 4 aliphatic carbocycles. The van der Waals surface area contributed by atoms with Gasteiger partial charge in [-0.2, -0.15) is 0 Å². The summed E-state index contributed by atoms with van der Waals surface area (Å²) < 4.78 is 0. The average Bonchev–Trinajstić information content (AvgIpc) is 2.96. The highest BCUT2D eigenvalue weighted by molar-refractivity contribution is 5.34. The van der Waals surface area contributed by atoms with Crippen molar-refractivity contribution >= 4 is 0 Å². The summed E-state index contributed by atoms with van der Waals surface area (Å²) in [5.41, 5.74) is 1.66. The maximum atomic E-state index is 11.6.